The summed E-state index contributed by atoms with van der Waals surface area (Å²) in [6.07, 6.45) is 0. The molecule has 0 saturated carbocycles. The molecule has 120 valence electrons. The lowest BCUT2D eigenvalue weighted by Gasteiger charge is -2.10. The Morgan fingerprint density at radius 1 is 1.26 bits per heavy atom. The van der Waals surface area contributed by atoms with E-state index in [1.807, 2.05) is 0 Å². The minimum atomic E-state index is -0.962. The maximum atomic E-state index is 13.7. The van der Waals surface area contributed by atoms with E-state index in [2.05, 4.69) is 10.2 Å². The van der Waals surface area contributed by atoms with Gasteiger partial charge in [0.25, 0.3) is 5.69 Å². The summed E-state index contributed by atoms with van der Waals surface area (Å²) < 4.78 is 13.7. The van der Waals surface area contributed by atoms with Crippen LogP contribution in [0.1, 0.15) is 21.5 Å². The fraction of sp³-hybridized carbons (Fsp3) is 0.133. The summed E-state index contributed by atoms with van der Waals surface area (Å²) in [5.74, 6) is -1.56. The van der Waals surface area contributed by atoms with E-state index >= 15 is 0 Å². The smallest absolute Gasteiger partial charge is 0.350 e. The number of halogens is 1. The molecule has 0 aliphatic rings. The van der Waals surface area contributed by atoms with Crippen molar-refractivity contribution in [3.05, 3.63) is 63.0 Å². The van der Waals surface area contributed by atoms with Gasteiger partial charge in [0, 0.05) is 17.8 Å². The SMILES string of the molecule is Cc1cc([N+](=O)[O-])c(Nc2ccc(C)c(C(=O)OO)c2)cc1F. The van der Waals surface area contributed by atoms with Gasteiger partial charge in [0.1, 0.15) is 11.5 Å². The molecule has 8 heteroatoms. The molecule has 0 fully saturated rings. The Morgan fingerprint density at radius 3 is 2.57 bits per heavy atom. The van der Waals surface area contributed by atoms with Crippen molar-refractivity contribution in [2.45, 2.75) is 13.8 Å². The molecule has 0 aromatic heterocycles. The van der Waals surface area contributed by atoms with Crippen molar-refractivity contribution < 1.29 is 24.3 Å². The largest absolute Gasteiger partial charge is 0.373 e. The van der Waals surface area contributed by atoms with Crippen LogP contribution in [0.5, 0.6) is 0 Å². The van der Waals surface area contributed by atoms with Gasteiger partial charge in [-0.05, 0) is 37.1 Å². The Labute approximate surface area is 130 Å². The molecule has 0 heterocycles. The minimum absolute atomic E-state index is 0.0507. The van der Waals surface area contributed by atoms with Crippen LogP contribution in [0.3, 0.4) is 0 Å². The van der Waals surface area contributed by atoms with Gasteiger partial charge in [0.15, 0.2) is 0 Å². The molecule has 0 amide bonds. The van der Waals surface area contributed by atoms with Crippen molar-refractivity contribution in [2.75, 3.05) is 5.32 Å². The molecule has 0 unspecified atom stereocenters. The Balaban J connectivity index is 2.45. The zero-order valence-corrected chi connectivity index (χ0v) is 12.3. The van der Waals surface area contributed by atoms with Crippen LogP contribution in [-0.4, -0.2) is 16.1 Å². The Morgan fingerprint density at radius 2 is 1.96 bits per heavy atom. The summed E-state index contributed by atoms with van der Waals surface area (Å²) >= 11 is 0. The molecule has 0 atom stereocenters. The second-order valence-corrected chi connectivity index (χ2v) is 4.91. The second kappa shape index (κ2) is 6.41. The number of nitrogens with zero attached hydrogens (tertiary/aromatic N) is 1. The normalized spacial score (nSPS) is 10.3. The van der Waals surface area contributed by atoms with Gasteiger partial charge < -0.3 is 5.32 Å². The standard InChI is InChI=1S/C15H13FN2O5/c1-8-3-4-10(6-11(8)15(19)23-22)17-13-7-12(16)9(2)5-14(13)18(20)21/h3-7,17,22H,1-2H3. The predicted octanol–water partition coefficient (Wildman–Crippen LogP) is 3.72. The number of hydrogen-bond acceptors (Lipinski definition) is 6. The third-order valence-electron chi connectivity index (χ3n) is 3.29. The van der Waals surface area contributed by atoms with Crippen molar-refractivity contribution in [3.8, 4) is 0 Å². The summed E-state index contributed by atoms with van der Waals surface area (Å²) in [5, 5.41) is 22.3. The van der Waals surface area contributed by atoms with Crippen molar-refractivity contribution >= 4 is 23.0 Å². The van der Waals surface area contributed by atoms with E-state index < -0.39 is 16.7 Å². The summed E-state index contributed by atoms with van der Waals surface area (Å²) in [4.78, 5) is 25.6. The van der Waals surface area contributed by atoms with E-state index in [0.29, 0.717) is 11.3 Å². The van der Waals surface area contributed by atoms with Crippen LogP contribution in [-0.2, 0) is 4.89 Å². The highest BCUT2D eigenvalue weighted by Gasteiger charge is 2.18. The van der Waals surface area contributed by atoms with E-state index in [1.165, 1.54) is 13.0 Å². The second-order valence-electron chi connectivity index (χ2n) is 4.91. The van der Waals surface area contributed by atoms with Gasteiger partial charge in [0.2, 0.25) is 0 Å². The van der Waals surface area contributed by atoms with Crippen molar-refractivity contribution in [2.24, 2.45) is 0 Å². The van der Waals surface area contributed by atoms with Crippen molar-refractivity contribution in [1.29, 1.82) is 0 Å². The summed E-state index contributed by atoms with van der Waals surface area (Å²) in [5.41, 5.74) is 0.728. The Bertz CT molecular complexity index is 792. The molecular formula is C15H13FN2O5. The van der Waals surface area contributed by atoms with Gasteiger partial charge in [-0.3, -0.25) is 15.0 Å². The topological polar surface area (TPSA) is 102 Å². The maximum Gasteiger partial charge on any atom is 0.373 e. The quantitative estimate of drug-likeness (QED) is 0.505. The van der Waals surface area contributed by atoms with E-state index in [4.69, 9.17) is 5.26 Å². The minimum Gasteiger partial charge on any atom is -0.350 e. The molecule has 2 N–H and O–H groups in total. The Hall–Kier alpha value is -3.00. The first kappa shape index (κ1) is 16.4. The van der Waals surface area contributed by atoms with Crippen LogP contribution in [0.25, 0.3) is 0 Å². The average molecular weight is 320 g/mol. The van der Waals surface area contributed by atoms with Crippen molar-refractivity contribution in [3.63, 3.8) is 0 Å². The Kier molecular flexibility index (Phi) is 4.56. The first-order valence-corrected chi connectivity index (χ1v) is 6.51. The van der Waals surface area contributed by atoms with Crippen LogP contribution in [0.2, 0.25) is 0 Å². The monoisotopic (exact) mass is 320 g/mol. The van der Waals surface area contributed by atoms with Crippen LogP contribution in [0.15, 0.2) is 30.3 Å². The summed E-state index contributed by atoms with van der Waals surface area (Å²) in [6, 6.07) is 6.59. The van der Waals surface area contributed by atoms with E-state index in [1.54, 1.807) is 19.1 Å². The van der Waals surface area contributed by atoms with E-state index in [-0.39, 0.29) is 22.5 Å². The van der Waals surface area contributed by atoms with Crippen LogP contribution in [0.4, 0.5) is 21.5 Å². The van der Waals surface area contributed by atoms with Crippen LogP contribution < -0.4 is 5.32 Å². The number of nitrogens with one attached hydrogen (secondary N) is 1. The number of rotatable bonds is 4. The third kappa shape index (κ3) is 3.43. The summed E-state index contributed by atoms with van der Waals surface area (Å²) in [6.45, 7) is 3.05. The highest BCUT2D eigenvalue weighted by atomic mass is 19.1. The van der Waals surface area contributed by atoms with Crippen LogP contribution in [0, 0.1) is 29.8 Å². The van der Waals surface area contributed by atoms with Crippen molar-refractivity contribution in [1.82, 2.24) is 0 Å². The predicted molar refractivity (Wildman–Crippen MR) is 80.3 cm³/mol. The molecule has 0 aliphatic heterocycles. The highest BCUT2D eigenvalue weighted by Crippen LogP contribution is 2.31. The number of carbonyl (C=O) groups is 1. The van der Waals surface area contributed by atoms with Gasteiger partial charge in [-0.15, -0.1) is 0 Å². The van der Waals surface area contributed by atoms with Gasteiger partial charge in [0.05, 0.1) is 10.5 Å². The molecule has 0 radical (unpaired) electrons. The zero-order valence-electron chi connectivity index (χ0n) is 12.3. The maximum absolute atomic E-state index is 13.7. The zero-order chi connectivity index (χ0) is 17.1. The number of benzene rings is 2. The van der Waals surface area contributed by atoms with Gasteiger partial charge in [-0.25, -0.2) is 9.18 Å². The van der Waals surface area contributed by atoms with Gasteiger partial charge >= 0.3 is 5.97 Å². The summed E-state index contributed by atoms with van der Waals surface area (Å²) in [7, 11) is 0. The highest BCUT2D eigenvalue weighted by molar-refractivity contribution is 5.92. The number of anilines is 2. The lowest BCUT2D eigenvalue weighted by molar-refractivity contribution is -0.384. The first-order chi connectivity index (χ1) is 10.8. The molecule has 0 aliphatic carbocycles. The molecular weight excluding hydrogens is 307 g/mol. The molecule has 23 heavy (non-hydrogen) atoms. The molecule has 0 saturated heterocycles. The van der Waals surface area contributed by atoms with E-state index in [9.17, 15) is 19.3 Å². The number of aryl methyl sites for hydroxylation is 2. The number of hydrogen-bond donors (Lipinski definition) is 2. The van der Waals surface area contributed by atoms with Gasteiger partial charge in [-0.1, -0.05) is 6.07 Å². The van der Waals surface area contributed by atoms with Crippen LogP contribution >= 0.6 is 0 Å². The first-order valence-electron chi connectivity index (χ1n) is 6.51. The van der Waals surface area contributed by atoms with E-state index in [0.717, 1.165) is 12.1 Å². The fourth-order valence-corrected chi connectivity index (χ4v) is 2.04. The fourth-order valence-electron chi connectivity index (χ4n) is 2.04. The third-order valence-corrected chi connectivity index (χ3v) is 3.29. The number of carbonyl (C=O) groups excluding carboxylic acids is 1. The molecule has 0 spiro atoms. The average Bonchev–Trinajstić information content (AvgIpc) is 2.51. The van der Waals surface area contributed by atoms with Gasteiger partial charge in [-0.2, -0.15) is 5.26 Å². The molecule has 2 rings (SSSR count). The molecule has 7 nitrogen and oxygen atoms in total. The number of nitro benzene ring substituents is 1. The molecule has 2 aromatic rings. The molecule has 0 bridgehead atoms. The number of nitro groups is 1. The molecule has 2 aromatic carbocycles. The lowest BCUT2D eigenvalue weighted by Crippen LogP contribution is -2.05. The lowest BCUT2D eigenvalue weighted by atomic mass is 10.1.